The van der Waals surface area contributed by atoms with Crippen molar-refractivity contribution in [1.29, 1.82) is 0 Å². The summed E-state index contributed by atoms with van der Waals surface area (Å²) in [4.78, 5) is 28.4. The Hall–Kier alpha value is -2.08. The molecule has 0 spiro atoms. The van der Waals surface area contributed by atoms with Crippen LogP contribution in [0.1, 0.15) is 55.3 Å². The Morgan fingerprint density at radius 3 is 2.18 bits per heavy atom. The molecule has 1 aromatic rings. The van der Waals surface area contributed by atoms with Gasteiger partial charge in [0.25, 0.3) is 5.91 Å². The minimum absolute atomic E-state index is 0.0169. The van der Waals surface area contributed by atoms with Crippen LogP contribution in [-0.2, 0) is 4.79 Å². The Balaban J connectivity index is 1.24. The highest BCUT2D eigenvalue weighted by molar-refractivity contribution is 5.94. The van der Waals surface area contributed by atoms with E-state index in [1.165, 1.54) is 32.4 Å². The maximum atomic E-state index is 12.7. The van der Waals surface area contributed by atoms with Gasteiger partial charge in [0.2, 0.25) is 5.91 Å². The van der Waals surface area contributed by atoms with Crippen LogP contribution >= 0.6 is 0 Å². The van der Waals surface area contributed by atoms with E-state index in [1.807, 2.05) is 29.2 Å². The van der Waals surface area contributed by atoms with E-state index in [2.05, 4.69) is 4.90 Å². The number of nitrogens with zero attached hydrogens (tertiary/aromatic N) is 2. The maximum Gasteiger partial charge on any atom is 0.253 e. The lowest BCUT2D eigenvalue weighted by atomic mass is 9.86. The second-order valence-electron chi connectivity index (χ2n) is 8.45. The first kappa shape index (κ1) is 19.2. The summed E-state index contributed by atoms with van der Waals surface area (Å²) in [6, 6.07) is 8.18. The summed E-state index contributed by atoms with van der Waals surface area (Å²) in [5.74, 6) is 0.498. The Labute approximate surface area is 167 Å². The van der Waals surface area contributed by atoms with Gasteiger partial charge in [-0.05, 0) is 63.0 Å². The molecule has 6 nitrogen and oxygen atoms in total. The standard InChI is InChI=1S/C22H31N3O3/c23-21(26)16-8-12-25(13-9-16)22(27)17-4-6-19(7-5-17)28-20-14-18(15-20)24-10-2-1-3-11-24/h4-7,16,18,20H,1-3,8-15H2,(H2,23,26). The zero-order chi connectivity index (χ0) is 19.5. The highest BCUT2D eigenvalue weighted by atomic mass is 16.5. The summed E-state index contributed by atoms with van der Waals surface area (Å²) < 4.78 is 6.09. The smallest absolute Gasteiger partial charge is 0.253 e. The summed E-state index contributed by atoms with van der Waals surface area (Å²) >= 11 is 0. The van der Waals surface area contributed by atoms with Gasteiger partial charge in [0.1, 0.15) is 11.9 Å². The third-order valence-electron chi connectivity index (χ3n) is 6.57. The first-order valence-corrected chi connectivity index (χ1v) is 10.7. The molecular weight excluding hydrogens is 354 g/mol. The number of likely N-dealkylation sites (tertiary alicyclic amines) is 2. The zero-order valence-electron chi connectivity index (χ0n) is 16.5. The normalized spacial score (nSPS) is 26.5. The van der Waals surface area contributed by atoms with Crippen molar-refractivity contribution in [3.63, 3.8) is 0 Å². The van der Waals surface area contributed by atoms with Crippen molar-refractivity contribution < 1.29 is 14.3 Å². The largest absolute Gasteiger partial charge is 0.490 e. The number of rotatable bonds is 5. The molecule has 0 radical (unpaired) electrons. The molecular formula is C22H31N3O3. The molecule has 2 N–H and O–H groups in total. The minimum Gasteiger partial charge on any atom is -0.490 e. The van der Waals surface area contributed by atoms with Gasteiger partial charge in [-0.25, -0.2) is 0 Å². The van der Waals surface area contributed by atoms with Crippen molar-refractivity contribution in [2.75, 3.05) is 26.2 Å². The van der Waals surface area contributed by atoms with Gasteiger partial charge in [-0.2, -0.15) is 0 Å². The fraction of sp³-hybridized carbons (Fsp3) is 0.636. The third kappa shape index (κ3) is 4.32. The molecule has 1 saturated carbocycles. The minimum atomic E-state index is -0.257. The number of hydrogen-bond acceptors (Lipinski definition) is 4. The quantitative estimate of drug-likeness (QED) is 0.845. The topological polar surface area (TPSA) is 75.9 Å². The van der Waals surface area contributed by atoms with E-state index in [0.717, 1.165) is 18.6 Å². The van der Waals surface area contributed by atoms with Crippen molar-refractivity contribution in [2.24, 2.45) is 11.7 Å². The molecule has 1 aromatic carbocycles. The lowest BCUT2D eigenvalue weighted by Crippen LogP contribution is -2.50. The third-order valence-corrected chi connectivity index (χ3v) is 6.57. The highest BCUT2D eigenvalue weighted by Crippen LogP contribution is 2.31. The van der Waals surface area contributed by atoms with Crippen molar-refractivity contribution in [2.45, 2.75) is 57.1 Å². The number of benzene rings is 1. The molecule has 0 atom stereocenters. The summed E-state index contributed by atoms with van der Waals surface area (Å²) in [6.07, 6.45) is 7.85. The van der Waals surface area contributed by atoms with Crippen LogP contribution in [-0.4, -0.2) is 59.9 Å². The second kappa shape index (κ2) is 8.52. The van der Waals surface area contributed by atoms with Crippen LogP contribution in [0.15, 0.2) is 24.3 Å². The number of piperidine rings is 2. The van der Waals surface area contributed by atoms with Crippen molar-refractivity contribution >= 4 is 11.8 Å². The number of ether oxygens (including phenoxy) is 1. The molecule has 0 aromatic heterocycles. The fourth-order valence-electron chi connectivity index (χ4n) is 4.63. The molecule has 2 aliphatic heterocycles. The lowest BCUT2D eigenvalue weighted by molar-refractivity contribution is -0.123. The Kier molecular flexibility index (Phi) is 5.85. The van der Waals surface area contributed by atoms with E-state index in [1.54, 1.807) is 0 Å². The molecule has 28 heavy (non-hydrogen) atoms. The maximum absolute atomic E-state index is 12.7. The van der Waals surface area contributed by atoms with Gasteiger partial charge in [0.05, 0.1) is 0 Å². The van der Waals surface area contributed by atoms with Gasteiger partial charge in [-0.15, -0.1) is 0 Å². The number of carbonyl (C=O) groups is 2. The average molecular weight is 386 g/mol. The first-order chi connectivity index (χ1) is 13.6. The summed E-state index contributed by atoms with van der Waals surface area (Å²) in [5, 5.41) is 0. The summed E-state index contributed by atoms with van der Waals surface area (Å²) in [5.41, 5.74) is 6.04. The first-order valence-electron chi connectivity index (χ1n) is 10.7. The van der Waals surface area contributed by atoms with Crippen LogP contribution in [0.2, 0.25) is 0 Å². The molecule has 1 aliphatic carbocycles. The van der Waals surface area contributed by atoms with Crippen molar-refractivity contribution in [3.8, 4) is 5.75 Å². The van der Waals surface area contributed by atoms with E-state index >= 15 is 0 Å². The molecule has 3 fully saturated rings. The molecule has 2 saturated heterocycles. The van der Waals surface area contributed by atoms with Gasteiger partial charge in [-0.3, -0.25) is 9.59 Å². The van der Waals surface area contributed by atoms with Crippen molar-refractivity contribution in [3.05, 3.63) is 29.8 Å². The van der Waals surface area contributed by atoms with Crippen LogP contribution in [0.25, 0.3) is 0 Å². The summed E-state index contributed by atoms with van der Waals surface area (Å²) in [6.45, 7) is 3.66. The number of hydrogen-bond donors (Lipinski definition) is 1. The number of carbonyl (C=O) groups excluding carboxylic acids is 2. The highest BCUT2D eigenvalue weighted by Gasteiger charge is 2.35. The molecule has 0 unspecified atom stereocenters. The van der Waals surface area contributed by atoms with E-state index < -0.39 is 0 Å². The predicted octanol–water partition coefficient (Wildman–Crippen LogP) is 2.42. The molecule has 3 aliphatic rings. The monoisotopic (exact) mass is 385 g/mol. The molecule has 4 rings (SSSR count). The zero-order valence-corrected chi connectivity index (χ0v) is 16.5. The fourth-order valence-corrected chi connectivity index (χ4v) is 4.63. The molecule has 2 heterocycles. The van der Waals surface area contributed by atoms with Gasteiger partial charge in [0, 0.05) is 43.5 Å². The van der Waals surface area contributed by atoms with Gasteiger partial charge < -0.3 is 20.3 Å². The molecule has 0 bridgehead atoms. The van der Waals surface area contributed by atoms with Crippen molar-refractivity contribution in [1.82, 2.24) is 9.80 Å². The number of amides is 2. The Morgan fingerprint density at radius 2 is 1.57 bits per heavy atom. The Bertz CT molecular complexity index is 685. The SMILES string of the molecule is NC(=O)C1CCN(C(=O)c2ccc(OC3CC(N4CCCCC4)C3)cc2)CC1. The molecule has 152 valence electrons. The van der Waals surface area contributed by atoms with Crippen LogP contribution in [0.5, 0.6) is 5.75 Å². The second-order valence-corrected chi connectivity index (χ2v) is 8.45. The summed E-state index contributed by atoms with van der Waals surface area (Å²) in [7, 11) is 0. The van der Waals surface area contributed by atoms with E-state index in [4.69, 9.17) is 10.5 Å². The van der Waals surface area contributed by atoms with Gasteiger partial charge in [0.15, 0.2) is 0 Å². The van der Waals surface area contributed by atoms with E-state index in [-0.39, 0.29) is 17.7 Å². The average Bonchev–Trinajstić information content (AvgIpc) is 2.71. The molecule has 2 amide bonds. The van der Waals surface area contributed by atoms with Crippen LogP contribution in [0, 0.1) is 5.92 Å². The lowest BCUT2D eigenvalue weighted by Gasteiger charge is -2.44. The predicted molar refractivity (Wildman–Crippen MR) is 107 cm³/mol. The molecule has 6 heteroatoms. The van der Waals surface area contributed by atoms with E-state index in [9.17, 15) is 9.59 Å². The van der Waals surface area contributed by atoms with Crippen LogP contribution in [0.3, 0.4) is 0 Å². The van der Waals surface area contributed by atoms with Crippen LogP contribution < -0.4 is 10.5 Å². The van der Waals surface area contributed by atoms with Crippen LogP contribution in [0.4, 0.5) is 0 Å². The number of primary amides is 1. The van der Waals surface area contributed by atoms with E-state index in [0.29, 0.717) is 43.6 Å². The van der Waals surface area contributed by atoms with Gasteiger partial charge >= 0.3 is 0 Å². The Morgan fingerprint density at radius 1 is 0.929 bits per heavy atom. The van der Waals surface area contributed by atoms with Gasteiger partial charge in [-0.1, -0.05) is 6.42 Å². The number of nitrogens with two attached hydrogens (primary N) is 1.